The molecular weight excluding hydrogens is 299 g/mol. The maximum absolute atomic E-state index is 13.6. The zero-order valence-electron chi connectivity index (χ0n) is 12.0. The van der Waals surface area contributed by atoms with Crippen LogP contribution in [0.4, 0.5) is 16.0 Å². The number of halogens is 1. The summed E-state index contributed by atoms with van der Waals surface area (Å²) in [5, 5.41) is 5.42. The van der Waals surface area contributed by atoms with Crippen LogP contribution in [0.15, 0.2) is 59.3 Å². The summed E-state index contributed by atoms with van der Waals surface area (Å²) in [5.41, 5.74) is 0.228. The molecule has 0 spiro atoms. The molecule has 0 radical (unpaired) electrons. The summed E-state index contributed by atoms with van der Waals surface area (Å²) in [4.78, 5) is 20.3. The average molecular weight is 312 g/mol. The second-order valence-electron chi connectivity index (χ2n) is 4.63. The Morgan fingerprint density at radius 3 is 2.83 bits per heavy atom. The number of benzene rings is 1. The van der Waals surface area contributed by atoms with Gasteiger partial charge in [0.2, 0.25) is 5.95 Å². The third-order valence-corrected chi connectivity index (χ3v) is 3.01. The Morgan fingerprint density at radius 2 is 2.04 bits per heavy atom. The molecule has 2 heterocycles. The third kappa shape index (κ3) is 3.70. The zero-order valence-corrected chi connectivity index (χ0v) is 12.0. The highest BCUT2D eigenvalue weighted by Crippen LogP contribution is 2.14. The Hall–Kier alpha value is -3.22. The number of nitrogens with one attached hydrogen (secondary N) is 2. The molecule has 23 heavy (non-hydrogen) atoms. The lowest BCUT2D eigenvalue weighted by atomic mass is 10.3. The van der Waals surface area contributed by atoms with Crippen LogP contribution in [-0.4, -0.2) is 15.9 Å². The molecule has 2 aromatic heterocycles. The highest BCUT2D eigenvalue weighted by atomic mass is 19.1. The molecule has 0 saturated heterocycles. The summed E-state index contributed by atoms with van der Waals surface area (Å²) in [6, 6.07) is 11.0. The van der Waals surface area contributed by atoms with Gasteiger partial charge in [-0.25, -0.2) is 14.4 Å². The van der Waals surface area contributed by atoms with Crippen molar-refractivity contribution in [3.8, 4) is 0 Å². The van der Waals surface area contributed by atoms with Gasteiger partial charge in [-0.15, -0.1) is 0 Å². The van der Waals surface area contributed by atoms with E-state index in [1.165, 1.54) is 24.4 Å². The fourth-order valence-electron chi connectivity index (χ4n) is 1.90. The summed E-state index contributed by atoms with van der Waals surface area (Å²) in [7, 11) is 0. The van der Waals surface area contributed by atoms with Crippen LogP contribution >= 0.6 is 0 Å². The van der Waals surface area contributed by atoms with E-state index in [1.54, 1.807) is 24.5 Å². The first kappa shape index (κ1) is 14.7. The minimum Gasteiger partial charge on any atom is -0.467 e. The Morgan fingerprint density at radius 1 is 1.17 bits per heavy atom. The third-order valence-electron chi connectivity index (χ3n) is 3.01. The molecule has 0 fully saturated rings. The van der Waals surface area contributed by atoms with E-state index in [4.69, 9.17) is 4.42 Å². The van der Waals surface area contributed by atoms with Gasteiger partial charge in [0, 0.05) is 6.20 Å². The Labute approximate surface area is 131 Å². The molecule has 0 aliphatic rings. The van der Waals surface area contributed by atoms with Gasteiger partial charge in [0.25, 0.3) is 5.91 Å². The van der Waals surface area contributed by atoms with E-state index >= 15 is 0 Å². The van der Waals surface area contributed by atoms with Gasteiger partial charge in [0.15, 0.2) is 0 Å². The van der Waals surface area contributed by atoms with Crippen molar-refractivity contribution in [1.82, 2.24) is 9.97 Å². The smallest absolute Gasteiger partial charge is 0.274 e. The normalized spacial score (nSPS) is 10.3. The van der Waals surface area contributed by atoms with E-state index in [9.17, 15) is 9.18 Å². The molecule has 6 nitrogen and oxygen atoms in total. The van der Waals surface area contributed by atoms with Crippen molar-refractivity contribution >= 4 is 17.5 Å². The maximum atomic E-state index is 13.6. The number of rotatable bonds is 5. The average Bonchev–Trinajstić information content (AvgIpc) is 3.09. The van der Waals surface area contributed by atoms with Gasteiger partial charge in [-0.2, -0.15) is 0 Å². The molecule has 0 bridgehead atoms. The monoisotopic (exact) mass is 312 g/mol. The van der Waals surface area contributed by atoms with Crippen LogP contribution in [0.1, 0.15) is 16.2 Å². The van der Waals surface area contributed by atoms with Gasteiger partial charge in [0.1, 0.15) is 17.3 Å². The largest absolute Gasteiger partial charge is 0.467 e. The van der Waals surface area contributed by atoms with Crippen LogP contribution in [0, 0.1) is 5.82 Å². The molecule has 0 aliphatic heterocycles. The zero-order chi connectivity index (χ0) is 16.1. The molecule has 1 amide bonds. The van der Waals surface area contributed by atoms with Crippen LogP contribution in [0.2, 0.25) is 0 Å². The minimum atomic E-state index is -0.515. The van der Waals surface area contributed by atoms with Crippen molar-refractivity contribution in [3.05, 3.63) is 72.2 Å². The van der Waals surface area contributed by atoms with E-state index in [-0.39, 0.29) is 17.3 Å². The number of hydrogen-bond donors (Lipinski definition) is 2. The molecule has 1 aromatic carbocycles. The van der Waals surface area contributed by atoms with Crippen LogP contribution in [0.3, 0.4) is 0 Å². The fourth-order valence-corrected chi connectivity index (χ4v) is 1.90. The van der Waals surface area contributed by atoms with Crippen molar-refractivity contribution in [3.63, 3.8) is 0 Å². The minimum absolute atomic E-state index is 0.0983. The topological polar surface area (TPSA) is 80.0 Å². The number of nitrogens with zero attached hydrogens (tertiary/aromatic N) is 2. The predicted molar refractivity (Wildman–Crippen MR) is 82.4 cm³/mol. The number of furan rings is 1. The van der Waals surface area contributed by atoms with Crippen LogP contribution in [0.25, 0.3) is 0 Å². The lowest BCUT2D eigenvalue weighted by Crippen LogP contribution is -2.16. The highest BCUT2D eigenvalue weighted by Gasteiger charge is 2.11. The van der Waals surface area contributed by atoms with E-state index in [1.807, 2.05) is 6.07 Å². The van der Waals surface area contributed by atoms with Crippen molar-refractivity contribution in [1.29, 1.82) is 0 Å². The number of amides is 1. The maximum Gasteiger partial charge on any atom is 0.274 e. The number of aromatic nitrogens is 2. The summed E-state index contributed by atoms with van der Waals surface area (Å²) in [5.74, 6) is -0.0259. The van der Waals surface area contributed by atoms with Crippen molar-refractivity contribution in [2.45, 2.75) is 6.54 Å². The van der Waals surface area contributed by atoms with E-state index in [0.29, 0.717) is 6.54 Å². The van der Waals surface area contributed by atoms with Crippen LogP contribution in [0.5, 0.6) is 0 Å². The van der Waals surface area contributed by atoms with Gasteiger partial charge in [0.05, 0.1) is 18.5 Å². The Bertz CT molecular complexity index is 805. The molecule has 0 unspecified atom stereocenters. The summed E-state index contributed by atoms with van der Waals surface area (Å²) in [6.07, 6.45) is 3.02. The second kappa shape index (κ2) is 6.69. The van der Waals surface area contributed by atoms with Gasteiger partial charge in [-0.05, 0) is 30.3 Å². The number of carbonyl (C=O) groups excluding carboxylic acids is 1. The molecule has 0 aliphatic carbocycles. The number of anilines is 2. The van der Waals surface area contributed by atoms with Crippen LogP contribution < -0.4 is 10.6 Å². The molecule has 0 atom stereocenters. The first-order valence-electron chi connectivity index (χ1n) is 6.87. The second-order valence-corrected chi connectivity index (χ2v) is 4.63. The summed E-state index contributed by atoms with van der Waals surface area (Å²) in [6.45, 7) is 0.394. The molecule has 116 valence electrons. The van der Waals surface area contributed by atoms with Crippen molar-refractivity contribution in [2.24, 2.45) is 0 Å². The van der Waals surface area contributed by atoms with Gasteiger partial charge >= 0.3 is 0 Å². The standard InChI is InChI=1S/C16H13FN4O2/c17-12-5-1-2-6-13(12)20-15(22)14-7-8-18-16(21-14)19-10-11-4-3-9-23-11/h1-9H,10H2,(H,20,22)(H,18,19,21). The molecule has 0 saturated carbocycles. The van der Waals surface area contributed by atoms with E-state index in [2.05, 4.69) is 20.6 Å². The Kier molecular flexibility index (Phi) is 4.28. The van der Waals surface area contributed by atoms with Gasteiger partial charge in [-0.3, -0.25) is 4.79 Å². The first-order valence-corrected chi connectivity index (χ1v) is 6.87. The number of para-hydroxylation sites is 1. The van der Waals surface area contributed by atoms with Crippen molar-refractivity contribution < 1.29 is 13.6 Å². The van der Waals surface area contributed by atoms with Gasteiger partial charge in [-0.1, -0.05) is 12.1 Å². The van der Waals surface area contributed by atoms with E-state index in [0.717, 1.165) is 5.76 Å². The van der Waals surface area contributed by atoms with Crippen molar-refractivity contribution in [2.75, 3.05) is 10.6 Å². The molecular formula is C16H13FN4O2. The Balaban J connectivity index is 1.69. The molecule has 7 heteroatoms. The SMILES string of the molecule is O=C(Nc1ccccc1F)c1ccnc(NCc2ccco2)n1. The lowest BCUT2D eigenvalue weighted by molar-refractivity contribution is 0.102. The summed E-state index contributed by atoms with van der Waals surface area (Å²) >= 11 is 0. The predicted octanol–water partition coefficient (Wildman–Crippen LogP) is 3.07. The van der Waals surface area contributed by atoms with Gasteiger partial charge < -0.3 is 15.1 Å². The summed E-state index contributed by atoms with van der Waals surface area (Å²) < 4.78 is 18.7. The van der Waals surface area contributed by atoms with Crippen LogP contribution in [-0.2, 0) is 6.54 Å². The molecule has 3 aromatic rings. The molecule has 2 N–H and O–H groups in total. The lowest BCUT2D eigenvalue weighted by Gasteiger charge is -2.07. The first-order chi connectivity index (χ1) is 11.2. The molecule has 3 rings (SSSR count). The number of hydrogen-bond acceptors (Lipinski definition) is 5. The highest BCUT2D eigenvalue weighted by molar-refractivity contribution is 6.03. The fraction of sp³-hybridized carbons (Fsp3) is 0.0625. The van der Waals surface area contributed by atoms with E-state index < -0.39 is 11.7 Å². The number of carbonyl (C=O) groups is 1. The quantitative estimate of drug-likeness (QED) is 0.757.